The molecule has 0 aliphatic carbocycles. The van der Waals surface area contributed by atoms with Gasteiger partial charge in [-0.3, -0.25) is 0 Å². The van der Waals surface area contributed by atoms with Gasteiger partial charge in [0, 0.05) is 30.5 Å². The van der Waals surface area contributed by atoms with E-state index < -0.39 is 10.0 Å². The SMILES string of the molecule is CCOCCOc1ccc(S(=O)(=O)NCCN)c2ccccc12. The summed E-state index contributed by atoms with van der Waals surface area (Å²) in [6.07, 6.45) is 0. The van der Waals surface area contributed by atoms with Crippen molar-refractivity contribution in [2.75, 3.05) is 32.9 Å². The van der Waals surface area contributed by atoms with E-state index in [4.69, 9.17) is 15.2 Å². The molecule has 7 heteroatoms. The van der Waals surface area contributed by atoms with Gasteiger partial charge in [-0.1, -0.05) is 24.3 Å². The van der Waals surface area contributed by atoms with Crippen molar-refractivity contribution in [1.82, 2.24) is 4.72 Å². The van der Waals surface area contributed by atoms with Crippen molar-refractivity contribution < 1.29 is 17.9 Å². The molecule has 0 aliphatic rings. The Morgan fingerprint density at radius 3 is 2.52 bits per heavy atom. The average Bonchev–Trinajstić information content (AvgIpc) is 2.56. The van der Waals surface area contributed by atoms with Gasteiger partial charge in [0.2, 0.25) is 10.0 Å². The Balaban J connectivity index is 2.35. The van der Waals surface area contributed by atoms with Crippen LogP contribution in [0.2, 0.25) is 0 Å². The van der Waals surface area contributed by atoms with E-state index in [2.05, 4.69) is 4.72 Å². The van der Waals surface area contributed by atoms with Crippen LogP contribution in [0.1, 0.15) is 6.92 Å². The zero-order valence-electron chi connectivity index (χ0n) is 13.1. The van der Waals surface area contributed by atoms with E-state index in [1.165, 1.54) is 0 Å². The van der Waals surface area contributed by atoms with E-state index in [1.54, 1.807) is 24.3 Å². The average molecular weight is 338 g/mol. The largest absolute Gasteiger partial charge is 0.491 e. The fourth-order valence-corrected chi connectivity index (χ4v) is 3.49. The first-order chi connectivity index (χ1) is 11.1. The number of nitrogens with two attached hydrogens (primary N) is 1. The molecule has 23 heavy (non-hydrogen) atoms. The molecule has 0 radical (unpaired) electrons. The van der Waals surface area contributed by atoms with Gasteiger partial charge in [0.15, 0.2) is 0 Å². The molecule has 0 bridgehead atoms. The molecule has 0 heterocycles. The molecule has 0 aliphatic heterocycles. The van der Waals surface area contributed by atoms with Crippen LogP contribution >= 0.6 is 0 Å². The third-order valence-electron chi connectivity index (χ3n) is 3.26. The van der Waals surface area contributed by atoms with E-state index >= 15 is 0 Å². The van der Waals surface area contributed by atoms with Crippen LogP contribution in [0, 0.1) is 0 Å². The molecule has 0 saturated heterocycles. The van der Waals surface area contributed by atoms with Gasteiger partial charge in [0.25, 0.3) is 0 Å². The number of hydrogen-bond acceptors (Lipinski definition) is 5. The highest BCUT2D eigenvalue weighted by Crippen LogP contribution is 2.30. The number of fused-ring (bicyclic) bond motifs is 1. The fraction of sp³-hybridized carbons (Fsp3) is 0.375. The van der Waals surface area contributed by atoms with Crippen molar-refractivity contribution in [3.63, 3.8) is 0 Å². The Bertz CT molecular complexity index is 747. The standard InChI is InChI=1S/C16H22N2O4S/c1-2-21-11-12-22-15-7-8-16(23(19,20)18-10-9-17)14-6-4-3-5-13(14)15/h3-8,18H,2,9-12,17H2,1H3. The normalized spacial score (nSPS) is 11.7. The minimum atomic E-state index is -3.61. The number of sulfonamides is 1. The van der Waals surface area contributed by atoms with Gasteiger partial charge in [-0.15, -0.1) is 0 Å². The highest BCUT2D eigenvalue weighted by Gasteiger charge is 2.18. The molecule has 0 atom stereocenters. The van der Waals surface area contributed by atoms with Crippen LogP contribution in [-0.4, -0.2) is 41.3 Å². The van der Waals surface area contributed by atoms with Gasteiger partial charge >= 0.3 is 0 Å². The first kappa shape index (κ1) is 17.7. The minimum absolute atomic E-state index is 0.198. The van der Waals surface area contributed by atoms with E-state index in [0.29, 0.717) is 31.0 Å². The maximum atomic E-state index is 12.4. The second-order valence-corrected chi connectivity index (χ2v) is 6.57. The summed E-state index contributed by atoms with van der Waals surface area (Å²) < 4.78 is 38.2. The lowest BCUT2D eigenvalue weighted by molar-refractivity contribution is 0.111. The zero-order valence-corrected chi connectivity index (χ0v) is 13.9. The molecule has 0 amide bonds. The molecular formula is C16H22N2O4S. The van der Waals surface area contributed by atoms with Crippen molar-refractivity contribution in [2.45, 2.75) is 11.8 Å². The molecule has 0 aromatic heterocycles. The monoisotopic (exact) mass is 338 g/mol. The van der Waals surface area contributed by atoms with Crippen LogP contribution in [0.3, 0.4) is 0 Å². The lowest BCUT2D eigenvalue weighted by atomic mass is 10.1. The summed E-state index contributed by atoms with van der Waals surface area (Å²) in [4.78, 5) is 0.221. The Labute approximate surface area is 136 Å². The van der Waals surface area contributed by atoms with Crippen LogP contribution in [0.25, 0.3) is 10.8 Å². The first-order valence-electron chi connectivity index (χ1n) is 7.52. The summed E-state index contributed by atoms with van der Waals surface area (Å²) in [7, 11) is -3.61. The maximum absolute atomic E-state index is 12.4. The minimum Gasteiger partial charge on any atom is -0.491 e. The van der Waals surface area contributed by atoms with Crippen LogP contribution < -0.4 is 15.2 Å². The predicted molar refractivity (Wildman–Crippen MR) is 90.2 cm³/mol. The molecule has 2 rings (SSSR count). The summed E-state index contributed by atoms with van der Waals surface area (Å²) in [5.74, 6) is 0.637. The van der Waals surface area contributed by atoms with Gasteiger partial charge < -0.3 is 15.2 Å². The highest BCUT2D eigenvalue weighted by atomic mass is 32.2. The molecule has 0 fully saturated rings. The number of benzene rings is 2. The highest BCUT2D eigenvalue weighted by molar-refractivity contribution is 7.89. The third kappa shape index (κ3) is 4.42. The first-order valence-corrected chi connectivity index (χ1v) is 9.00. The molecule has 0 spiro atoms. The van der Waals surface area contributed by atoms with Gasteiger partial charge in [0.1, 0.15) is 12.4 Å². The van der Waals surface area contributed by atoms with Crippen molar-refractivity contribution in [2.24, 2.45) is 5.73 Å². The van der Waals surface area contributed by atoms with Crippen LogP contribution in [0.15, 0.2) is 41.3 Å². The molecule has 6 nitrogen and oxygen atoms in total. The number of rotatable bonds is 9. The van der Waals surface area contributed by atoms with Crippen LogP contribution in [0.4, 0.5) is 0 Å². The second-order valence-electron chi connectivity index (χ2n) is 4.84. The lowest BCUT2D eigenvalue weighted by Crippen LogP contribution is -2.29. The van der Waals surface area contributed by atoms with E-state index in [-0.39, 0.29) is 18.0 Å². The van der Waals surface area contributed by atoms with Crippen molar-refractivity contribution in [3.05, 3.63) is 36.4 Å². The Morgan fingerprint density at radius 1 is 1.09 bits per heavy atom. The molecule has 2 aromatic rings. The smallest absolute Gasteiger partial charge is 0.241 e. The van der Waals surface area contributed by atoms with E-state index in [1.807, 2.05) is 19.1 Å². The van der Waals surface area contributed by atoms with Gasteiger partial charge in [0.05, 0.1) is 11.5 Å². The van der Waals surface area contributed by atoms with Gasteiger partial charge in [-0.25, -0.2) is 13.1 Å². The van der Waals surface area contributed by atoms with Gasteiger partial charge in [-0.2, -0.15) is 0 Å². The quantitative estimate of drug-likeness (QED) is 0.676. The Morgan fingerprint density at radius 2 is 1.83 bits per heavy atom. The lowest BCUT2D eigenvalue weighted by Gasteiger charge is -2.13. The number of nitrogens with one attached hydrogen (secondary N) is 1. The van der Waals surface area contributed by atoms with E-state index in [9.17, 15) is 8.42 Å². The Hall–Kier alpha value is -1.67. The molecular weight excluding hydrogens is 316 g/mol. The molecule has 126 valence electrons. The molecule has 0 unspecified atom stereocenters. The second kappa shape index (κ2) is 8.26. The molecule has 3 N–H and O–H groups in total. The number of ether oxygens (including phenoxy) is 2. The topological polar surface area (TPSA) is 90.6 Å². The third-order valence-corrected chi connectivity index (χ3v) is 4.78. The molecule has 0 saturated carbocycles. The Kier molecular flexibility index (Phi) is 6.35. The summed E-state index contributed by atoms with van der Waals surface area (Å²) in [6, 6.07) is 10.5. The van der Waals surface area contributed by atoms with E-state index in [0.717, 1.165) is 5.39 Å². The van der Waals surface area contributed by atoms with Crippen LogP contribution in [0.5, 0.6) is 5.75 Å². The summed E-state index contributed by atoms with van der Waals surface area (Å²) in [5.41, 5.74) is 5.37. The summed E-state index contributed by atoms with van der Waals surface area (Å²) in [5, 5.41) is 1.37. The van der Waals surface area contributed by atoms with Crippen molar-refractivity contribution >= 4 is 20.8 Å². The van der Waals surface area contributed by atoms with Crippen molar-refractivity contribution in [3.8, 4) is 5.75 Å². The van der Waals surface area contributed by atoms with Crippen LogP contribution in [-0.2, 0) is 14.8 Å². The summed E-state index contributed by atoms with van der Waals surface area (Å²) >= 11 is 0. The summed E-state index contributed by atoms with van der Waals surface area (Å²) in [6.45, 7) is 3.90. The van der Waals surface area contributed by atoms with Gasteiger partial charge in [-0.05, 0) is 19.1 Å². The predicted octanol–water partition coefficient (Wildman–Crippen LogP) is 1.49. The fourth-order valence-electron chi connectivity index (χ4n) is 2.23. The zero-order chi connectivity index (χ0) is 16.7. The molecule has 2 aromatic carbocycles. The van der Waals surface area contributed by atoms with Crippen molar-refractivity contribution in [1.29, 1.82) is 0 Å². The maximum Gasteiger partial charge on any atom is 0.241 e. The number of hydrogen-bond donors (Lipinski definition) is 2.